The van der Waals surface area contributed by atoms with Crippen LogP contribution in [-0.2, 0) is 9.59 Å². The number of nitrogens with zero attached hydrogens (tertiary/aromatic N) is 5. The van der Waals surface area contributed by atoms with Gasteiger partial charge in [0.2, 0.25) is 11.8 Å². The first-order valence-corrected chi connectivity index (χ1v) is 11.7. The lowest BCUT2D eigenvalue weighted by atomic mass is 10.2. The van der Waals surface area contributed by atoms with Gasteiger partial charge in [-0.25, -0.2) is 0 Å². The molecule has 1 N–H and O–H groups in total. The molecule has 5 rings (SSSR count). The van der Waals surface area contributed by atoms with E-state index in [1.54, 1.807) is 18.5 Å². The van der Waals surface area contributed by atoms with Gasteiger partial charge in [-0.2, -0.15) is 0 Å². The number of aryl methyl sites for hydroxylation is 1. The molecule has 2 amide bonds. The fourth-order valence-corrected chi connectivity index (χ4v) is 4.75. The number of benzene rings is 2. The summed E-state index contributed by atoms with van der Waals surface area (Å²) >= 11 is 1.31. The number of thioether (sulfide) groups is 1. The van der Waals surface area contributed by atoms with Crippen molar-refractivity contribution in [1.82, 2.24) is 19.7 Å². The van der Waals surface area contributed by atoms with Gasteiger partial charge in [-0.3, -0.25) is 24.0 Å². The highest BCUT2D eigenvalue weighted by molar-refractivity contribution is 8.00. The lowest BCUT2D eigenvalue weighted by Crippen LogP contribution is -2.45. The molecule has 1 aliphatic rings. The summed E-state index contributed by atoms with van der Waals surface area (Å²) in [5.74, 6) is 0.277. The van der Waals surface area contributed by atoms with Crippen LogP contribution >= 0.6 is 11.8 Å². The topological polar surface area (TPSA) is 93.0 Å². The molecule has 2 aromatic heterocycles. The minimum absolute atomic E-state index is 0.0202. The Morgan fingerprint density at radius 1 is 1.03 bits per heavy atom. The summed E-state index contributed by atoms with van der Waals surface area (Å²) in [4.78, 5) is 31.3. The van der Waals surface area contributed by atoms with Gasteiger partial charge in [0.1, 0.15) is 6.54 Å². The number of para-hydroxylation sites is 2. The van der Waals surface area contributed by atoms with Crippen LogP contribution in [0.5, 0.6) is 0 Å². The van der Waals surface area contributed by atoms with Crippen molar-refractivity contribution in [3.63, 3.8) is 0 Å². The van der Waals surface area contributed by atoms with Crippen molar-refractivity contribution >= 4 is 35.0 Å². The summed E-state index contributed by atoms with van der Waals surface area (Å²) in [6, 6.07) is 19.1. The highest BCUT2D eigenvalue weighted by Gasteiger charge is 2.31. The predicted molar refractivity (Wildman–Crippen MR) is 132 cm³/mol. The van der Waals surface area contributed by atoms with Crippen LogP contribution in [0.2, 0.25) is 0 Å². The quantitative estimate of drug-likeness (QED) is 0.442. The van der Waals surface area contributed by atoms with Gasteiger partial charge in [-0.05, 0) is 50.2 Å². The number of carbonyl (C=O) groups is 2. The Balaban J connectivity index is 1.49. The smallest absolute Gasteiger partial charge is 0.244 e. The molecule has 1 unspecified atom stereocenters. The number of hydrogen-bond donors (Lipinski definition) is 1. The van der Waals surface area contributed by atoms with Crippen molar-refractivity contribution < 1.29 is 9.59 Å². The van der Waals surface area contributed by atoms with E-state index in [9.17, 15) is 9.59 Å². The highest BCUT2D eigenvalue weighted by atomic mass is 32.2. The van der Waals surface area contributed by atoms with E-state index in [-0.39, 0.29) is 18.4 Å². The van der Waals surface area contributed by atoms with Crippen LogP contribution in [0.1, 0.15) is 12.5 Å². The van der Waals surface area contributed by atoms with Gasteiger partial charge in [-0.15, -0.1) is 10.2 Å². The van der Waals surface area contributed by atoms with Crippen molar-refractivity contribution in [3.05, 3.63) is 78.6 Å². The molecular formula is C25H22N6O2S. The molecule has 0 saturated heterocycles. The first-order chi connectivity index (χ1) is 16.5. The number of anilines is 2. The lowest BCUT2D eigenvalue weighted by Gasteiger charge is -2.30. The van der Waals surface area contributed by atoms with Crippen molar-refractivity contribution in [3.8, 4) is 17.1 Å². The maximum Gasteiger partial charge on any atom is 0.244 e. The largest absolute Gasteiger partial charge is 0.323 e. The third kappa shape index (κ3) is 4.17. The Kier molecular flexibility index (Phi) is 5.85. The summed E-state index contributed by atoms with van der Waals surface area (Å²) < 4.78 is 1.94. The van der Waals surface area contributed by atoms with Crippen molar-refractivity contribution in [1.29, 1.82) is 0 Å². The highest BCUT2D eigenvalue weighted by Crippen LogP contribution is 2.34. The summed E-state index contributed by atoms with van der Waals surface area (Å²) in [6.07, 6.45) is 3.42. The Hall–Kier alpha value is -3.98. The number of amides is 2. The van der Waals surface area contributed by atoms with Crippen molar-refractivity contribution in [2.24, 2.45) is 0 Å². The third-order valence-electron chi connectivity index (χ3n) is 5.53. The zero-order valence-corrected chi connectivity index (χ0v) is 19.5. The number of rotatable bonds is 5. The van der Waals surface area contributed by atoms with Gasteiger partial charge >= 0.3 is 0 Å². The molecule has 0 spiro atoms. The molecule has 9 heteroatoms. The molecular weight excluding hydrogens is 448 g/mol. The minimum atomic E-state index is -0.502. The van der Waals surface area contributed by atoms with Gasteiger partial charge in [-0.1, -0.05) is 41.6 Å². The van der Waals surface area contributed by atoms with Crippen molar-refractivity contribution in [2.45, 2.75) is 24.3 Å². The number of nitrogens with one attached hydrogen (secondary N) is 1. The van der Waals surface area contributed by atoms with Crippen LogP contribution in [0.4, 0.5) is 11.4 Å². The Morgan fingerprint density at radius 2 is 1.76 bits per heavy atom. The summed E-state index contributed by atoms with van der Waals surface area (Å²) in [7, 11) is 0. The van der Waals surface area contributed by atoms with Crippen LogP contribution < -0.4 is 10.2 Å². The first kappa shape index (κ1) is 21.8. The monoisotopic (exact) mass is 470 g/mol. The molecule has 0 radical (unpaired) electrons. The molecule has 3 heterocycles. The van der Waals surface area contributed by atoms with Gasteiger partial charge in [0.05, 0.1) is 16.6 Å². The molecule has 2 aromatic carbocycles. The van der Waals surface area contributed by atoms with E-state index < -0.39 is 5.25 Å². The van der Waals surface area contributed by atoms with Gasteiger partial charge < -0.3 is 5.32 Å². The third-order valence-corrected chi connectivity index (χ3v) is 6.56. The number of aromatic nitrogens is 4. The number of hydrogen-bond acceptors (Lipinski definition) is 6. The molecule has 34 heavy (non-hydrogen) atoms. The standard InChI is InChI=1S/C25H22N6O2S/c1-16-7-9-19(10-8-16)31-23(18-11-13-26-14-12-18)28-29-25(31)34-17(2)24(33)30-15-22(32)27-20-5-3-4-6-21(20)30/h3-14,17H,15H2,1-2H3,(H,27,32). The molecule has 0 aliphatic carbocycles. The van der Waals surface area contributed by atoms with E-state index in [4.69, 9.17) is 0 Å². The summed E-state index contributed by atoms with van der Waals surface area (Å²) in [6.45, 7) is 3.83. The van der Waals surface area contributed by atoms with E-state index in [1.807, 2.05) is 73.0 Å². The fourth-order valence-electron chi connectivity index (χ4n) is 3.82. The van der Waals surface area contributed by atoms with Crippen molar-refractivity contribution in [2.75, 3.05) is 16.8 Å². The molecule has 0 fully saturated rings. The molecule has 4 aromatic rings. The minimum Gasteiger partial charge on any atom is -0.323 e. The lowest BCUT2D eigenvalue weighted by molar-refractivity contribution is -0.121. The summed E-state index contributed by atoms with van der Waals surface area (Å²) in [5, 5.41) is 11.8. The molecule has 1 aliphatic heterocycles. The Bertz CT molecular complexity index is 1350. The molecule has 0 bridgehead atoms. The van der Waals surface area contributed by atoms with Crippen LogP contribution in [0.15, 0.2) is 78.2 Å². The zero-order valence-electron chi connectivity index (χ0n) is 18.7. The zero-order chi connectivity index (χ0) is 23.7. The SMILES string of the molecule is Cc1ccc(-n2c(SC(C)C(=O)N3CC(=O)Nc4ccccc43)nnc2-c2ccncc2)cc1. The van der Waals surface area contributed by atoms with Crippen LogP contribution in [0, 0.1) is 6.92 Å². The van der Waals surface area contributed by atoms with Crippen LogP contribution in [0.25, 0.3) is 17.1 Å². The number of fused-ring (bicyclic) bond motifs is 1. The second-order valence-electron chi connectivity index (χ2n) is 7.96. The van der Waals surface area contributed by atoms with E-state index in [1.165, 1.54) is 16.7 Å². The Labute approximate surface area is 201 Å². The average Bonchev–Trinajstić information content (AvgIpc) is 3.27. The fraction of sp³-hybridized carbons (Fsp3) is 0.160. The first-order valence-electron chi connectivity index (χ1n) is 10.8. The van der Waals surface area contributed by atoms with Crippen LogP contribution in [-0.4, -0.2) is 43.4 Å². The summed E-state index contributed by atoms with van der Waals surface area (Å²) in [5.41, 5.74) is 4.23. The van der Waals surface area contributed by atoms with E-state index in [2.05, 4.69) is 20.5 Å². The van der Waals surface area contributed by atoms with E-state index in [0.29, 0.717) is 22.4 Å². The predicted octanol–water partition coefficient (Wildman–Crippen LogP) is 4.10. The van der Waals surface area contributed by atoms with E-state index >= 15 is 0 Å². The normalized spacial score (nSPS) is 13.8. The van der Waals surface area contributed by atoms with Crippen LogP contribution in [0.3, 0.4) is 0 Å². The maximum absolute atomic E-state index is 13.4. The molecule has 8 nitrogen and oxygen atoms in total. The number of pyridine rings is 1. The number of carbonyl (C=O) groups excluding carboxylic acids is 2. The molecule has 1 atom stereocenters. The second-order valence-corrected chi connectivity index (χ2v) is 9.27. The van der Waals surface area contributed by atoms with E-state index in [0.717, 1.165) is 16.8 Å². The van der Waals surface area contributed by atoms with Gasteiger partial charge in [0, 0.05) is 23.6 Å². The molecule has 0 saturated carbocycles. The molecule has 170 valence electrons. The maximum atomic E-state index is 13.4. The second kappa shape index (κ2) is 9.11. The van der Waals surface area contributed by atoms with Gasteiger partial charge in [0.15, 0.2) is 11.0 Å². The van der Waals surface area contributed by atoms with Gasteiger partial charge in [0.25, 0.3) is 0 Å². The average molecular weight is 471 g/mol. The Morgan fingerprint density at radius 3 is 2.53 bits per heavy atom.